The highest BCUT2D eigenvalue weighted by Crippen LogP contribution is 2.34. The van der Waals surface area contributed by atoms with Gasteiger partial charge in [-0.15, -0.1) is 0 Å². The molecule has 1 aromatic carbocycles. The lowest BCUT2D eigenvalue weighted by Gasteiger charge is -2.14. The highest BCUT2D eigenvalue weighted by molar-refractivity contribution is 5.46. The number of rotatable bonds is 4. The third-order valence-corrected chi connectivity index (χ3v) is 2.33. The Morgan fingerprint density at radius 1 is 1.40 bits per heavy atom. The minimum atomic E-state index is -2.56. The Kier molecular flexibility index (Phi) is 4.03. The first kappa shape index (κ1) is 11.9. The van der Waals surface area contributed by atoms with Gasteiger partial charge in [-0.1, -0.05) is 6.07 Å². The van der Waals surface area contributed by atoms with Gasteiger partial charge in [-0.05, 0) is 30.5 Å². The number of aliphatic hydroxyl groups is 1. The van der Waals surface area contributed by atoms with Crippen molar-refractivity contribution in [3.8, 4) is 5.75 Å². The summed E-state index contributed by atoms with van der Waals surface area (Å²) in [4.78, 5) is 0. The van der Waals surface area contributed by atoms with Crippen LogP contribution in [0.25, 0.3) is 0 Å². The van der Waals surface area contributed by atoms with Crippen molar-refractivity contribution in [1.82, 2.24) is 0 Å². The Bertz CT molecular complexity index is 338. The largest absolute Gasteiger partial charge is 0.496 e. The number of benzene rings is 1. The van der Waals surface area contributed by atoms with Gasteiger partial charge in [0.1, 0.15) is 5.75 Å². The van der Waals surface area contributed by atoms with Gasteiger partial charge in [-0.25, -0.2) is 8.78 Å². The summed E-state index contributed by atoms with van der Waals surface area (Å²) < 4.78 is 30.2. The maximum Gasteiger partial charge on any atom is 0.267 e. The number of hydrogen-bond donors (Lipinski definition) is 1. The van der Waals surface area contributed by atoms with E-state index in [4.69, 9.17) is 9.84 Å². The summed E-state index contributed by atoms with van der Waals surface area (Å²) >= 11 is 0. The number of halogens is 2. The van der Waals surface area contributed by atoms with Crippen molar-refractivity contribution in [2.45, 2.75) is 19.8 Å². The van der Waals surface area contributed by atoms with E-state index in [1.165, 1.54) is 13.2 Å². The lowest BCUT2D eigenvalue weighted by Crippen LogP contribution is -2.02. The van der Waals surface area contributed by atoms with Gasteiger partial charge in [0.15, 0.2) is 0 Å². The molecule has 4 heteroatoms. The van der Waals surface area contributed by atoms with Gasteiger partial charge in [0.2, 0.25) is 0 Å². The maximum atomic E-state index is 12.6. The zero-order chi connectivity index (χ0) is 11.4. The summed E-state index contributed by atoms with van der Waals surface area (Å²) in [6.07, 6.45) is -2.23. The zero-order valence-corrected chi connectivity index (χ0v) is 8.76. The van der Waals surface area contributed by atoms with Crippen LogP contribution in [0.3, 0.4) is 0 Å². The van der Waals surface area contributed by atoms with Gasteiger partial charge in [0.05, 0.1) is 12.7 Å². The zero-order valence-electron chi connectivity index (χ0n) is 8.76. The van der Waals surface area contributed by atoms with Gasteiger partial charge in [0, 0.05) is 6.61 Å². The van der Waals surface area contributed by atoms with E-state index in [0.717, 1.165) is 5.56 Å². The van der Waals surface area contributed by atoms with Crippen LogP contribution in [0.4, 0.5) is 8.78 Å². The molecule has 0 saturated carbocycles. The molecule has 15 heavy (non-hydrogen) atoms. The molecule has 0 aliphatic carbocycles. The van der Waals surface area contributed by atoms with Crippen molar-refractivity contribution in [1.29, 1.82) is 0 Å². The fourth-order valence-electron chi connectivity index (χ4n) is 1.58. The second-order valence-electron chi connectivity index (χ2n) is 3.26. The van der Waals surface area contributed by atoms with E-state index >= 15 is 0 Å². The molecule has 0 unspecified atom stereocenters. The van der Waals surface area contributed by atoms with Crippen LogP contribution in [-0.4, -0.2) is 18.8 Å². The highest BCUT2D eigenvalue weighted by atomic mass is 19.3. The van der Waals surface area contributed by atoms with Gasteiger partial charge in [-0.3, -0.25) is 0 Å². The van der Waals surface area contributed by atoms with Crippen molar-refractivity contribution in [2.75, 3.05) is 13.7 Å². The van der Waals surface area contributed by atoms with E-state index in [1.54, 1.807) is 6.07 Å². The monoisotopic (exact) mass is 216 g/mol. The van der Waals surface area contributed by atoms with Gasteiger partial charge >= 0.3 is 0 Å². The standard InChI is InChI=1S/C11H14F2O2/c1-7-3-4-9(11(12)13)10(15-2)8(7)5-6-14/h3-4,11,14H,5-6H2,1-2H3. The van der Waals surface area contributed by atoms with Crippen LogP contribution in [0.2, 0.25) is 0 Å². The average Bonchev–Trinajstić information content (AvgIpc) is 2.20. The molecule has 0 heterocycles. The highest BCUT2D eigenvalue weighted by Gasteiger charge is 2.18. The number of hydrogen-bond acceptors (Lipinski definition) is 2. The molecule has 2 nitrogen and oxygen atoms in total. The number of alkyl halides is 2. The smallest absolute Gasteiger partial charge is 0.267 e. The van der Waals surface area contributed by atoms with E-state index in [9.17, 15) is 8.78 Å². The normalized spacial score (nSPS) is 10.8. The van der Waals surface area contributed by atoms with Gasteiger partial charge in [0.25, 0.3) is 6.43 Å². The molecule has 0 atom stereocenters. The molecule has 1 rings (SSSR count). The van der Waals surface area contributed by atoms with Crippen molar-refractivity contribution < 1.29 is 18.6 Å². The minimum absolute atomic E-state index is 0.0795. The Balaban J connectivity index is 3.26. The first-order valence-corrected chi connectivity index (χ1v) is 4.67. The number of aliphatic hydroxyl groups excluding tert-OH is 1. The lowest BCUT2D eigenvalue weighted by molar-refractivity contribution is 0.146. The molecule has 0 radical (unpaired) electrons. The molecule has 0 saturated heterocycles. The Labute approximate surface area is 87.5 Å². The predicted octanol–water partition coefficient (Wildman–Crippen LogP) is 2.48. The van der Waals surface area contributed by atoms with E-state index < -0.39 is 6.43 Å². The molecule has 0 bridgehead atoms. The fourth-order valence-corrected chi connectivity index (χ4v) is 1.58. The second kappa shape index (κ2) is 5.07. The first-order valence-electron chi connectivity index (χ1n) is 4.67. The molecule has 1 N–H and O–H groups in total. The van der Waals surface area contributed by atoms with Crippen molar-refractivity contribution in [3.63, 3.8) is 0 Å². The second-order valence-corrected chi connectivity index (χ2v) is 3.26. The van der Waals surface area contributed by atoms with Crippen LogP contribution in [-0.2, 0) is 6.42 Å². The van der Waals surface area contributed by atoms with Crippen LogP contribution in [0, 0.1) is 6.92 Å². The van der Waals surface area contributed by atoms with Gasteiger partial charge < -0.3 is 9.84 Å². The average molecular weight is 216 g/mol. The number of methoxy groups -OCH3 is 1. The van der Waals surface area contributed by atoms with Crippen LogP contribution >= 0.6 is 0 Å². The van der Waals surface area contributed by atoms with Crippen LogP contribution in [0.15, 0.2) is 12.1 Å². The summed E-state index contributed by atoms with van der Waals surface area (Å²) in [6.45, 7) is 1.73. The lowest BCUT2D eigenvalue weighted by atomic mass is 10.0. The molecule has 1 aromatic rings. The summed E-state index contributed by atoms with van der Waals surface area (Å²) in [5.41, 5.74) is 1.38. The number of aryl methyl sites for hydroxylation is 1. The maximum absolute atomic E-state index is 12.6. The van der Waals surface area contributed by atoms with Crippen LogP contribution in [0.1, 0.15) is 23.1 Å². The van der Waals surface area contributed by atoms with Crippen LogP contribution < -0.4 is 4.74 Å². The topological polar surface area (TPSA) is 29.5 Å². The molecule has 0 amide bonds. The van der Waals surface area contributed by atoms with E-state index in [2.05, 4.69) is 0 Å². The summed E-state index contributed by atoms with van der Waals surface area (Å²) in [7, 11) is 1.36. The van der Waals surface area contributed by atoms with E-state index in [0.29, 0.717) is 12.0 Å². The molecule has 0 aliphatic rings. The number of ether oxygens (including phenoxy) is 1. The summed E-state index contributed by atoms with van der Waals surface area (Å²) in [6, 6.07) is 2.98. The minimum Gasteiger partial charge on any atom is -0.496 e. The summed E-state index contributed by atoms with van der Waals surface area (Å²) in [5.74, 6) is 0.194. The van der Waals surface area contributed by atoms with Gasteiger partial charge in [-0.2, -0.15) is 0 Å². The van der Waals surface area contributed by atoms with Crippen molar-refractivity contribution >= 4 is 0 Å². The summed E-state index contributed by atoms with van der Waals surface area (Å²) in [5, 5.41) is 8.85. The molecule has 84 valence electrons. The molecular formula is C11H14F2O2. The SMILES string of the molecule is COc1c(C(F)F)ccc(C)c1CCO. The van der Waals surface area contributed by atoms with E-state index in [1.807, 2.05) is 6.92 Å². The molecule has 0 fully saturated rings. The van der Waals surface area contributed by atoms with Crippen molar-refractivity contribution in [2.24, 2.45) is 0 Å². The van der Waals surface area contributed by atoms with Crippen molar-refractivity contribution in [3.05, 3.63) is 28.8 Å². The Hall–Kier alpha value is -1.16. The van der Waals surface area contributed by atoms with E-state index in [-0.39, 0.29) is 17.9 Å². The third-order valence-electron chi connectivity index (χ3n) is 2.33. The predicted molar refractivity (Wildman–Crippen MR) is 53.5 cm³/mol. The Morgan fingerprint density at radius 2 is 2.07 bits per heavy atom. The Morgan fingerprint density at radius 3 is 2.53 bits per heavy atom. The molecular weight excluding hydrogens is 202 g/mol. The fraction of sp³-hybridized carbons (Fsp3) is 0.455. The quantitative estimate of drug-likeness (QED) is 0.837. The molecule has 0 aliphatic heterocycles. The first-order chi connectivity index (χ1) is 7.11. The molecule has 0 aromatic heterocycles. The van der Waals surface area contributed by atoms with Crippen LogP contribution in [0.5, 0.6) is 5.75 Å². The third kappa shape index (κ3) is 2.45. The molecule has 0 spiro atoms.